The molecule has 1 aromatic heterocycles. The van der Waals surface area contributed by atoms with E-state index >= 15 is 0 Å². The number of aromatic nitrogens is 1. The first kappa shape index (κ1) is 20.3. The van der Waals surface area contributed by atoms with Gasteiger partial charge in [-0.15, -0.1) is 0 Å². The third kappa shape index (κ3) is 5.08. The quantitative estimate of drug-likeness (QED) is 0.673. The van der Waals surface area contributed by atoms with Crippen molar-refractivity contribution < 1.29 is 9.59 Å². The highest BCUT2D eigenvalue weighted by Gasteiger charge is 2.19. The minimum atomic E-state index is -0.373. The number of benzene rings is 2. The number of nitrogens with one attached hydrogen (secondary N) is 2. The van der Waals surface area contributed by atoms with Gasteiger partial charge in [-0.1, -0.05) is 42.5 Å². The Labute approximate surface area is 171 Å². The van der Waals surface area contributed by atoms with Crippen LogP contribution in [0.2, 0.25) is 0 Å². The predicted molar refractivity (Wildman–Crippen MR) is 116 cm³/mol. The number of para-hydroxylation sites is 1. The molecule has 0 aliphatic heterocycles. The van der Waals surface area contributed by atoms with Gasteiger partial charge in [0.25, 0.3) is 11.8 Å². The molecule has 0 aliphatic carbocycles. The molecule has 1 heterocycles. The highest BCUT2D eigenvalue weighted by Crippen LogP contribution is 2.21. The van der Waals surface area contributed by atoms with Crippen molar-refractivity contribution in [2.24, 2.45) is 0 Å². The van der Waals surface area contributed by atoms with Crippen LogP contribution in [0.15, 0.2) is 66.7 Å². The molecule has 2 N–H and O–H groups in total. The number of carbonyl (C=O) groups excluding carboxylic acids is 2. The van der Waals surface area contributed by atoms with Crippen LogP contribution in [0, 0.1) is 6.92 Å². The molecule has 0 bridgehead atoms. The summed E-state index contributed by atoms with van der Waals surface area (Å²) in [7, 11) is 0. The Morgan fingerprint density at radius 3 is 2.10 bits per heavy atom. The van der Waals surface area contributed by atoms with E-state index in [0.29, 0.717) is 22.5 Å². The Bertz CT molecular complexity index is 1040. The number of pyridine rings is 1. The molecule has 2 amide bonds. The molecule has 3 aromatic rings. The van der Waals surface area contributed by atoms with E-state index in [2.05, 4.69) is 15.6 Å². The Balaban J connectivity index is 1.83. The minimum absolute atomic E-state index is 0.234. The maximum Gasteiger partial charge on any atom is 0.257 e. The van der Waals surface area contributed by atoms with Crippen LogP contribution in [0.25, 0.3) is 11.3 Å². The molecule has 0 unspecified atom stereocenters. The van der Waals surface area contributed by atoms with Crippen LogP contribution in [-0.4, -0.2) is 22.3 Å². The van der Waals surface area contributed by atoms with Crippen LogP contribution in [0.4, 0.5) is 5.69 Å². The third-order valence-corrected chi connectivity index (χ3v) is 4.31. The summed E-state index contributed by atoms with van der Waals surface area (Å²) in [5.41, 5.74) is 3.41. The zero-order valence-electron chi connectivity index (χ0n) is 17.1. The van der Waals surface area contributed by atoms with Gasteiger partial charge in [0, 0.05) is 11.1 Å². The van der Waals surface area contributed by atoms with Gasteiger partial charge in [0.05, 0.1) is 28.2 Å². The second-order valence-corrected chi connectivity index (χ2v) is 7.90. The summed E-state index contributed by atoms with van der Waals surface area (Å²) < 4.78 is 0. The molecular formula is C24H25N3O2. The highest BCUT2D eigenvalue weighted by atomic mass is 16.2. The minimum Gasteiger partial charge on any atom is -0.347 e. The lowest BCUT2D eigenvalue weighted by Gasteiger charge is -2.21. The van der Waals surface area contributed by atoms with Crippen LogP contribution >= 0.6 is 0 Å². The molecule has 0 aliphatic rings. The van der Waals surface area contributed by atoms with E-state index in [1.165, 1.54) is 0 Å². The van der Waals surface area contributed by atoms with E-state index in [1.54, 1.807) is 37.3 Å². The van der Waals surface area contributed by atoms with Gasteiger partial charge < -0.3 is 10.6 Å². The molecule has 3 rings (SSSR count). The molecule has 0 saturated carbocycles. The lowest BCUT2D eigenvalue weighted by molar-refractivity contribution is 0.0920. The van der Waals surface area contributed by atoms with Gasteiger partial charge in [-0.05, 0) is 52.0 Å². The molecule has 148 valence electrons. The fourth-order valence-corrected chi connectivity index (χ4v) is 2.96. The van der Waals surface area contributed by atoms with E-state index in [9.17, 15) is 9.59 Å². The summed E-state index contributed by atoms with van der Waals surface area (Å²) >= 11 is 0. The Kier molecular flexibility index (Phi) is 5.78. The van der Waals surface area contributed by atoms with Crippen molar-refractivity contribution in [2.75, 3.05) is 5.32 Å². The first-order chi connectivity index (χ1) is 13.7. The summed E-state index contributed by atoms with van der Waals surface area (Å²) in [6, 6.07) is 20.4. The van der Waals surface area contributed by atoms with E-state index in [0.717, 1.165) is 11.3 Å². The zero-order chi connectivity index (χ0) is 21.0. The first-order valence-corrected chi connectivity index (χ1v) is 9.50. The number of nitrogens with zero attached hydrogens (tertiary/aromatic N) is 1. The second kappa shape index (κ2) is 8.27. The molecule has 29 heavy (non-hydrogen) atoms. The molecule has 0 saturated heterocycles. The molecule has 5 heteroatoms. The van der Waals surface area contributed by atoms with Crippen molar-refractivity contribution in [3.05, 3.63) is 83.6 Å². The number of rotatable bonds is 4. The van der Waals surface area contributed by atoms with Gasteiger partial charge in [-0.25, -0.2) is 0 Å². The number of carbonyl (C=O) groups is 2. The van der Waals surface area contributed by atoms with Crippen LogP contribution in [0.5, 0.6) is 0 Å². The smallest absolute Gasteiger partial charge is 0.257 e. The Morgan fingerprint density at radius 2 is 1.45 bits per heavy atom. The lowest BCUT2D eigenvalue weighted by atomic mass is 10.1. The van der Waals surface area contributed by atoms with Gasteiger partial charge >= 0.3 is 0 Å². The van der Waals surface area contributed by atoms with Gasteiger partial charge in [-0.2, -0.15) is 0 Å². The molecule has 2 aromatic carbocycles. The normalized spacial score (nSPS) is 11.0. The van der Waals surface area contributed by atoms with Crippen molar-refractivity contribution in [3.63, 3.8) is 0 Å². The summed E-state index contributed by atoms with van der Waals surface area (Å²) in [6.45, 7) is 7.54. The fraction of sp³-hybridized carbons (Fsp3) is 0.208. The summed E-state index contributed by atoms with van der Waals surface area (Å²) in [6.07, 6.45) is 0. The summed E-state index contributed by atoms with van der Waals surface area (Å²) in [5, 5.41) is 5.78. The van der Waals surface area contributed by atoms with Crippen molar-refractivity contribution in [1.82, 2.24) is 10.3 Å². The highest BCUT2D eigenvalue weighted by molar-refractivity contribution is 6.09. The number of amides is 2. The van der Waals surface area contributed by atoms with Gasteiger partial charge in [0.1, 0.15) is 0 Å². The van der Waals surface area contributed by atoms with E-state index in [1.807, 2.05) is 57.2 Å². The standard InChI is InChI=1S/C24H25N3O2/c1-16-18(14-15-20(25-16)17-10-6-5-7-11-17)22(28)26-21-13-9-8-12-19(21)23(29)27-24(2,3)4/h5-15H,1-4H3,(H,26,28)(H,27,29). The average molecular weight is 387 g/mol. The zero-order valence-corrected chi connectivity index (χ0v) is 17.1. The monoisotopic (exact) mass is 387 g/mol. The van der Waals surface area contributed by atoms with Crippen molar-refractivity contribution in [1.29, 1.82) is 0 Å². The van der Waals surface area contributed by atoms with Gasteiger partial charge in [0.15, 0.2) is 0 Å². The largest absolute Gasteiger partial charge is 0.347 e. The van der Waals surface area contributed by atoms with Crippen molar-refractivity contribution in [2.45, 2.75) is 33.2 Å². The Hall–Kier alpha value is -3.47. The van der Waals surface area contributed by atoms with Crippen LogP contribution in [0.1, 0.15) is 47.2 Å². The summed E-state index contributed by atoms with van der Waals surface area (Å²) in [5.74, 6) is -0.534. The van der Waals surface area contributed by atoms with Gasteiger partial charge in [-0.3, -0.25) is 14.6 Å². The van der Waals surface area contributed by atoms with E-state index in [4.69, 9.17) is 0 Å². The lowest BCUT2D eigenvalue weighted by Crippen LogP contribution is -2.40. The predicted octanol–water partition coefficient (Wildman–Crippen LogP) is 4.84. The number of aryl methyl sites for hydroxylation is 1. The maximum atomic E-state index is 12.9. The molecular weight excluding hydrogens is 362 g/mol. The van der Waals surface area contributed by atoms with Crippen molar-refractivity contribution in [3.8, 4) is 11.3 Å². The van der Waals surface area contributed by atoms with Crippen LogP contribution in [0.3, 0.4) is 0 Å². The molecule has 0 fully saturated rings. The number of hydrogen-bond acceptors (Lipinski definition) is 3. The topological polar surface area (TPSA) is 71.1 Å². The van der Waals surface area contributed by atoms with Crippen molar-refractivity contribution >= 4 is 17.5 Å². The maximum absolute atomic E-state index is 12.9. The van der Waals surface area contributed by atoms with Crippen LogP contribution < -0.4 is 10.6 Å². The molecule has 5 nitrogen and oxygen atoms in total. The van der Waals surface area contributed by atoms with Gasteiger partial charge in [0.2, 0.25) is 0 Å². The molecule has 0 radical (unpaired) electrons. The number of anilines is 1. The SMILES string of the molecule is Cc1nc(-c2ccccc2)ccc1C(=O)Nc1ccccc1C(=O)NC(C)(C)C. The third-order valence-electron chi connectivity index (χ3n) is 4.31. The van der Waals surface area contributed by atoms with Crippen LogP contribution in [-0.2, 0) is 0 Å². The molecule has 0 spiro atoms. The molecule has 0 atom stereocenters. The van der Waals surface area contributed by atoms with E-state index < -0.39 is 0 Å². The first-order valence-electron chi connectivity index (χ1n) is 9.50. The number of hydrogen-bond donors (Lipinski definition) is 2. The Morgan fingerprint density at radius 1 is 0.793 bits per heavy atom. The summed E-state index contributed by atoms with van der Waals surface area (Å²) in [4.78, 5) is 30.0. The fourth-order valence-electron chi connectivity index (χ4n) is 2.96. The average Bonchev–Trinajstić information content (AvgIpc) is 2.67. The second-order valence-electron chi connectivity index (χ2n) is 7.90. The van der Waals surface area contributed by atoms with E-state index in [-0.39, 0.29) is 17.4 Å².